The SMILES string of the molecule is CCCCCCCCCCCCCCCCCCCCCCCCCOCN[C@@H](COC1OC(CO)C(O)C(O)C1O)[C@H](O)[C@H](O)CCCCCCCCCCCCCC. The predicted octanol–water partition coefficient (Wildman–Crippen LogP) is 10.5. The van der Waals surface area contributed by atoms with Gasteiger partial charge in [0.25, 0.3) is 0 Å². The first-order chi connectivity index (χ1) is 29.4. The molecule has 60 heavy (non-hydrogen) atoms. The second-order valence-electron chi connectivity index (χ2n) is 18.4. The molecule has 1 rings (SSSR count). The van der Waals surface area contributed by atoms with Gasteiger partial charge in [0.1, 0.15) is 24.4 Å². The lowest BCUT2D eigenvalue weighted by Crippen LogP contribution is -2.60. The van der Waals surface area contributed by atoms with Crippen LogP contribution in [-0.2, 0) is 14.2 Å². The van der Waals surface area contributed by atoms with Gasteiger partial charge in [-0.25, -0.2) is 0 Å². The Morgan fingerprint density at radius 2 is 0.850 bits per heavy atom. The molecule has 0 aromatic heterocycles. The number of hydrogen-bond donors (Lipinski definition) is 7. The quantitative estimate of drug-likeness (QED) is 0.0232. The van der Waals surface area contributed by atoms with E-state index in [1.165, 1.54) is 193 Å². The van der Waals surface area contributed by atoms with E-state index in [4.69, 9.17) is 14.2 Å². The van der Waals surface area contributed by atoms with E-state index in [-0.39, 0.29) is 13.3 Å². The van der Waals surface area contributed by atoms with Crippen LogP contribution in [0.15, 0.2) is 0 Å². The lowest BCUT2D eigenvalue weighted by Gasteiger charge is -2.40. The number of nitrogens with one attached hydrogen (secondary N) is 1. The van der Waals surface area contributed by atoms with Gasteiger partial charge in [0, 0.05) is 6.61 Å². The molecule has 1 saturated heterocycles. The second kappa shape index (κ2) is 42.5. The fourth-order valence-corrected chi connectivity index (χ4v) is 8.54. The van der Waals surface area contributed by atoms with Gasteiger partial charge in [-0.3, -0.25) is 5.32 Å². The predicted molar refractivity (Wildman–Crippen MR) is 247 cm³/mol. The number of rotatable bonds is 46. The average molecular weight is 860 g/mol. The Morgan fingerprint density at radius 3 is 1.23 bits per heavy atom. The molecular formula is C50H101NO9. The summed E-state index contributed by atoms with van der Waals surface area (Å²) >= 11 is 0. The van der Waals surface area contributed by atoms with Crippen LogP contribution in [0.4, 0.5) is 0 Å². The fourth-order valence-electron chi connectivity index (χ4n) is 8.54. The number of unbranched alkanes of at least 4 members (excludes halogenated alkanes) is 33. The number of aliphatic hydroxyl groups excluding tert-OH is 6. The maximum absolute atomic E-state index is 11.2. The normalized spacial score (nSPS) is 21.1. The molecule has 1 fully saturated rings. The summed E-state index contributed by atoms with van der Waals surface area (Å²) in [5.41, 5.74) is 0. The Kier molecular flexibility index (Phi) is 40.9. The van der Waals surface area contributed by atoms with Crippen molar-refractivity contribution < 1.29 is 44.8 Å². The highest BCUT2D eigenvalue weighted by Gasteiger charge is 2.44. The van der Waals surface area contributed by atoms with Gasteiger partial charge in [0.05, 0.1) is 38.2 Å². The van der Waals surface area contributed by atoms with Gasteiger partial charge < -0.3 is 44.8 Å². The van der Waals surface area contributed by atoms with Crippen molar-refractivity contribution in [2.24, 2.45) is 0 Å². The van der Waals surface area contributed by atoms with Crippen LogP contribution in [0.25, 0.3) is 0 Å². The van der Waals surface area contributed by atoms with Gasteiger partial charge in [-0.2, -0.15) is 0 Å². The smallest absolute Gasteiger partial charge is 0.186 e. The van der Waals surface area contributed by atoms with Crippen LogP contribution in [0.3, 0.4) is 0 Å². The highest BCUT2D eigenvalue weighted by atomic mass is 16.7. The molecule has 1 heterocycles. The molecule has 0 aromatic carbocycles. The standard InChI is InChI=1S/C50H101NO9/c1-3-5-7-9-11-13-15-17-18-19-20-21-22-23-24-25-26-27-29-31-33-35-37-39-58-42-51-43(41-59-50-49(57)48(56)47(55)45(40-52)60-50)46(54)44(53)38-36-34-32-30-28-16-14-12-10-8-6-4-2/h43-57H,3-42H2,1-2H3/t43-,44+,45?,46-,47?,48?,49?,50?/m0/s1. The molecule has 0 bridgehead atoms. The van der Waals surface area contributed by atoms with E-state index < -0.39 is 55.6 Å². The van der Waals surface area contributed by atoms with Crippen molar-refractivity contribution in [1.82, 2.24) is 5.32 Å². The maximum atomic E-state index is 11.2. The van der Waals surface area contributed by atoms with Crippen LogP contribution in [0.1, 0.15) is 245 Å². The lowest BCUT2D eigenvalue weighted by atomic mass is 9.98. The lowest BCUT2D eigenvalue weighted by molar-refractivity contribution is -0.303. The van der Waals surface area contributed by atoms with Gasteiger partial charge in [-0.1, -0.05) is 232 Å². The second-order valence-corrected chi connectivity index (χ2v) is 18.4. The summed E-state index contributed by atoms with van der Waals surface area (Å²) in [5, 5.41) is 65.5. The Hall–Kier alpha value is -0.400. The van der Waals surface area contributed by atoms with E-state index in [9.17, 15) is 30.6 Å². The summed E-state index contributed by atoms with van der Waals surface area (Å²) in [6.07, 6.45) is 37.2. The average Bonchev–Trinajstić information content (AvgIpc) is 3.25. The topological polar surface area (TPSA) is 161 Å². The van der Waals surface area contributed by atoms with Crippen molar-refractivity contribution in [2.75, 3.05) is 26.6 Å². The Balaban J connectivity index is 2.18. The van der Waals surface area contributed by atoms with Crippen molar-refractivity contribution >= 4 is 0 Å². The Morgan fingerprint density at radius 1 is 0.483 bits per heavy atom. The van der Waals surface area contributed by atoms with Gasteiger partial charge in [0.15, 0.2) is 6.29 Å². The minimum absolute atomic E-state index is 0.151. The van der Waals surface area contributed by atoms with Crippen LogP contribution in [0, 0.1) is 0 Å². The fraction of sp³-hybridized carbons (Fsp3) is 1.00. The highest BCUT2D eigenvalue weighted by Crippen LogP contribution is 2.23. The molecule has 360 valence electrons. The summed E-state index contributed by atoms with van der Waals surface area (Å²) in [5.74, 6) is 0. The first-order valence-electron chi connectivity index (χ1n) is 26.0. The molecular weight excluding hydrogens is 759 g/mol. The van der Waals surface area contributed by atoms with E-state index in [0.29, 0.717) is 13.0 Å². The van der Waals surface area contributed by atoms with E-state index in [1.54, 1.807) is 0 Å². The van der Waals surface area contributed by atoms with Gasteiger partial charge >= 0.3 is 0 Å². The van der Waals surface area contributed by atoms with Crippen molar-refractivity contribution in [3.8, 4) is 0 Å². The van der Waals surface area contributed by atoms with Gasteiger partial charge in [-0.15, -0.1) is 0 Å². The van der Waals surface area contributed by atoms with Gasteiger partial charge in [-0.05, 0) is 12.8 Å². The number of aliphatic hydroxyl groups is 6. The Labute approximate surface area is 369 Å². The summed E-state index contributed by atoms with van der Waals surface area (Å²) in [4.78, 5) is 0. The van der Waals surface area contributed by atoms with Crippen LogP contribution in [-0.4, -0.2) is 106 Å². The van der Waals surface area contributed by atoms with Crippen molar-refractivity contribution in [1.29, 1.82) is 0 Å². The third-order valence-corrected chi connectivity index (χ3v) is 12.8. The maximum Gasteiger partial charge on any atom is 0.186 e. The molecule has 8 atom stereocenters. The van der Waals surface area contributed by atoms with Crippen molar-refractivity contribution in [3.63, 3.8) is 0 Å². The molecule has 5 unspecified atom stereocenters. The molecule has 0 spiro atoms. The zero-order valence-electron chi connectivity index (χ0n) is 39.3. The minimum atomic E-state index is -1.55. The first kappa shape index (κ1) is 57.6. The van der Waals surface area contributed by atoms with E-state index in [2.05, 4.69) is 19.2 Å². The number of ether oxygens (including phenoxy) is 3. The molecule has 1 aliphatic rings. The van der Waals surface area contributed by atoms with E-state index in [0.717, 1.165) is 32.1 Å². The third kappa shape index (κ3) is 31.4. The molecule has 0 saturated carbocycles. The van der Waals surface area contributed by atoms with Gasteiger partial charge in [0.2, 0.25) is 0 Å². The molecule has 0 aliphatic carbocycles. The zero-order chi connectivity index (χ0) is 43.7. The summed E-state index contributed by atoms with van der Waals surface area (Å²) in [6.45, 7) is 4.57. The Bertz CT molecular complexity index is 870. The largest absolute Gasteiger partial charge is 0.394 e. The molecule has 7 N–H and O–H groups in total. The summed E-state index contributed by atoms with van der Waals surface area (Å²) in [6, 6.07) is -0.737. The first-order valence-corrected chi connectivity index (χ1v) is 26.0. The molecule has 0 amide bonds. The van der Waals surface area contributed by atoms with Crippen LogP contribution in [0.5, 0.6) is 0 Å². The van der Waals surface area contributed by atoms with Crippen LogP contribution < -0.4 is 5.32 Å². The molecule has 1 aliphatic heterocycles. The molecule has 0 radical (unpaired) electrons. The zero-order valence-corrected chi connectivity index (χ0v) is 39.3. The van der Waals surface area contributed by atoms with Crippen LogP contribution in [0.2, 0.25) is 0 Å². The molecule has 10 heteroatoms. The van der Waals surface area contributed by atoms with E-state index >= 15 is 0 Å². The van der Waals surface area contributed by atoms with Crippen LogP contribution >= 0.6 is 0 Å². The number of hydrogen-bond acceptors (Lipinski definition) is 10. The summed E-state index contributed by atoms with van der Waals surface area (Å²) in [7, 11) is 0. The summed E-state index contributed by atoms with van der Waals surface area (Å²) < 4.78 is 17.1. The van der Waals surface area contributed by atoms with Crippen molar-refractivity contribution in [2.45, 2.75) is 294 Å². The highest BCUT2D eigenvalue weighted by molar-refractivity contribution is 4.89. The third-order valence-electron chi connectivity index (χ3n) is 12.8. The molecule has 10 nitrogen and oxygen atoms in total. The monoisotopic (exact) mass is 860 g/mol. The molecule has 0 aromatic rings. The minimum Gasteiger partial charge on any atom is -0.394 e. The van der Waals surface area contributed by atoms with E-state index in [1.807, 2.05) is 0 Å². The van der Waals surface area contributed by atoms with Crippen molar-refractivity contribution in [3.05, 3.63) is 0 Å².